The van der Waals surface area contributed by atoms with Crippen LogP contribution < -0.4 is 5.32 Å². The van der Waals surface area contributed by atoms with Crippen molar-refractivity contribution >= 4 is 13.7 Å². The Hall–Kier alpha value is -1.54. The van der Waals surface area contributed by atoms with E-state index in [1.165, 1.54) is 44.9 Å². The number of aliphatic hydroxyl groups excluding tert-OH is 1. The fourth-order valence-corrected chi connectivity index (χ4v) is 5.95. The van der Waals surface area contributed by atoms with Gasteiger partial charge in [0.2, 0.25) is 5.91 Å². The van der Waals surface area contributed by atoms with Crippen molar-refractivity contribution in [2.45, 2.75) is 161 Å². The number of likely N-dealkylation sites (N-methyl/N-ethyl adjacent to an activating group) is 1. The molecule has 0 rings (SSSR count). The normalized spacial score (nSPS) is 15.2. The fraction of sp³-hybridized carbons (Fsp3) is 0.775. The van der Waals surface area contributed by atoms with Crippen LogP contribution in [0.3, 0.4) is 0 Å². The molecule has 286 valence electrons. The van der Waals surface area contributed by atoms with Crippen molar-refractivity contribution < 1.29 is 32.9 Å². The molecule has 0 saturated heterocycles. The molecule has 0 aromatic carbocycles. The van der Waals surface area contributed by atoms with E-state index >= 15 is 0 Å². The molecule has 0 fully saturated rings. The van der Waals surface area contributed by atoms with Gasteiger partial charge in [0.1, 0.15) is 13.2 Å². The van der Waals surface area contributed by atoms with Crippen LogP contribution in [0.4, 0.5) is 0 Å². The second-order valence-corrected chi connectivity index (χ2v) is 15.7. The van der Waals surface area contributed by atoms with Gasteiger partial charge in [-0.25, -0.2) is 4.57 Å². The van der Waals surface area contributed by atoms with E-state index in [4.69, 9.17) is 9.05 Å². The summed E-state index contributed by atoms with van der Waals surface area (Å²) in [6.07, 6.45) is 38.5. The first kappa shape index (κ1) is 47.5. The SMILES string of the molecule is CC/C=C\C/C=C\C/C=C\C/C=C\CCCCCCC(=O)NC(COP(=O)(O)OCC[N+](C)(C)C)C(O)CCCCCCCCCCCC. The van der Waals surface area contributed by atoms with Crippen LogP contribution >= 0.6 is 7.82 Å². The van der Waals surface area contributed by atoms with E-state index in [0.717, 1.165) is 77.0 Å². The minimum Gasteiger partial charge on any atom is -0.391 e. The van der Waals surface area contributed by atoms with E-state index in [-0.39, 0.29) is 19.1 Å². The van der Waals surface area contributed by atoms with Gasteiger partial charge in [-0.05, 0) is 51.4 Å². The number of phosphoric acid groups is 1. The van der Waals surface area contributed by atoms with Crippen LogP contribution in [0, 0.1) is 0 Å². The van der Waals surface area contributed by atoms with Crippen LogP contribution in [0.1, 0.15) is 149 Å². The lowest BCUT2D eigenvalue weighted by molar-refractivity contribution is -0.870. The smallest absolute Gasteiger partial charge is 0.391 e. The molecule has 9 heteroatoms. The highest BCUT2D eigenvalue weighted by atomic mass is 31.2. The van der Waals surface area contributed by atoms with Gasteiger partial charge in [0.25, 0.3) is 0 Å². The number of carbonyl (C=O) groups excluding carboxylic acids is 1. The van der Waals surface area contributed by atoms with Gasteiger partial charge in [-0.2, -0.15) is 0 Å². The van der Waals surface area contributed by atoms with Gasteiger partial charge in [-0.3, -0.25) is 13.8 Å². The molecule has 0 aromatic heterocycles. The maximum atomic E-state index is 12.8. The van der Waals surface area contributed by atoms with Gasteiger partial charge in [0, 0.05) is 6.42 Å². The highest BCUT2D eigenvalue weighted by Gasteiger charge is 2.28. The number of carbonyl (C=O) groups is 1. The number of quaternary nitrogens is 1. The predicted molar refractivity (Wildman–Crippen MR) is 207 cm³/mol. The zero-order chi connectivity index (χ0) is 36.5. The van der Waals surface area contributed by atoms with Crippen molar-refractivity contribution in [1.82, 2.24) is 5.32 Å². The molecule has 0 aliphatic heterocycles. The Balaban J connectivity index is 4.48. The molecular weight excluding hydrogens is 635 g/mol. The molecule has 1 amide bonds. The lowest BCUT2D eigenvalue weighted by Crippen LogP contribution is -2.46. The summed E-state index contributed by atoms with van der Waals surface area (Å²) in [5, 5.41) is 13.8. The molecule has 3 N–H and O–H groups in total. The second-order valence-electron chi connectivity index (χ2n) is 14.3. The first-order valence-electron chi connectivity index (χ1n) is 19.5. The number of hydrogen-bond acceptors (Lipinski definition) is 5. The topological polar surface area (TPSA) is 105 Å². The maximum absolute atomic E-state index is 12.8. The number of allylic oxidation sites excluding steroid dienone is 8. The minimum absolute atomic E-state index is 0.0672. The van der Waals surface area contributed by atoms with Crippen LogP contribution in [0.2, 0.25) is 0 Å². The first-order valence-corrected chi connectivity index (χ1v) is 21.0. The largest absolute Gasteiger partial charge is 0.472 e. The average molecular weight is 712 g/mol. The van der Waals surface area contributed by atoms with Gasteiger partial charge in [-0.15, -0.1) is 0 Å². The van der Waals surface area contributed by atoms with Crippen LogP contribution in [0.25, 0.3) is 0 Å². The van der Waals surface area contributed by atoms with Gasteiger partial charge >= 0.3 is 7.82 Å². The number of hydrogen-bond donors (Lipinski definition) is 3. The van der Waals surface area contributed by atoms with Crippen molar-refractivity contribution in [3.8, 4) is 0 Å². The molecule has 8 nitrogen and oxygen atoms in total. The van der Waals surface area contributed by atoms with E-state index in [0.29, 0.717) is 23.9 Å². The summed E-state index contributed by atoms with van der Waals surface area (Å²) in [5.41, 5.74) is 0. The summed E-state index contributed by atoms with van der Waals surface area (Å²) in [6, 6.07) is -0.772. The number of amides is 1. The van der Waals surface area contributed by atoms with E-state index in [1.807, 2.05) is 21.1 Å². The van der Waals surface area contributed by atoms with Gasteiger partial charge in [-0.1, -0.05) is 140 Å². The number of unbranched alkanes of at least 4 members (excludes halogenated alkanes) is 13. The van der Waals surface area contributed by atoms with Gasteiger partial charge < -0.3 is 19.8 Å². The summed E-state index contributed by atoms with van der Waals surface area (Å²) in [7, 11) is 1.59. The van der Waals surface area contributed by atoms with Crippen molar-refractivity contribution in [2.75, 3.05) is 40.9 Å². The summed E-state index contributed by atoms with van der Waals surface area (Å²) in [5.74, 6) is -0.173. The van der Waals surface area contributed by atoms with Crippen molar-refractivity contribution in [3.05, 3.63) is 48.6 Å². The zero-order valence-electron chi connectivity index (χ0n) is 32.2. The average Bonchev–Trinajstić information content (AvgIpc) is 3.04. The second kappa shape index (κ2) is 32.4. The highest BCUT2D eigenvalue weighted by Crippen LogP contribution is 2.43. The third-order valence-corrected chi connectivity index (χ3v) is 9.33. The number of nitrogens with zero attached hydrogens (tertiary/aromatic N) is 1. The number of aliphatic hydroxyl groups is 1. The summed E-state index contributed by atoms with van der Waals surface area (Å²) >= 11 is 0. The summed E-state index contributed by atoms with van der Waals surface area (Å²) in [4.78, 5) is 23.0. The monoisotopic (exact) mass is 712 g/mol. The van der Waals surface area contributed by atoms with E-state index in [9.17, 15) is 19.4 Å². The lowest BCUT2D eigenvalue weighted by atomic mass is 10.0. The Bertz CT molecular complexity index is 944. The van der Waals surface area contributed by atoms with Gasteiger partial charge in [0.15, 0.2) is 0 Å². The maximum Gasteiger partial charge on any atom is 0.472 e. The molecule has 3 unspecified atom stereocenters. The standard InChI is InChI=1S/C40H75N2O6P/c1-6-8-10-12-14-16-18-19-20-21-22-23-24-26-28-30-32-34-40(44)41-38(37-48-49(45,46)47-36-35-42(3,4)5)39(43)33-31-29-27-25-17-15-13-11-9-7-2/h8,10,14,16,19-20,22-23,38-39,43H,6-7,9,11-13,15,17-18,21,24-37H2,1-5H3,(H-,41,44,45,46)/p+1/b10-8-,16-14-,20-19-,23-22-. The molecule has 0 bridgehead atoms. The Kier molecular flexibility index (Phi) is 31.4. The zero-order valence-corrected chi connectivity index (χ0v) is 33.1. The molecule has 0 spiro atoms. The van der Waals surface area contributed by atoms with Crippen molar-refractivity contribution in [2.24, 2.45) is 0 Å². The molecule has 0 heterocycles. The number of rotatable bonds is 34. The van der Waals surface area contributed by atoms with Crippen LogP contribution in [-0.4, -0.2) is 73.4 Å². The molecule has 0 aromatic rings. The van der Waals surface area contributed by atoms with Crippen LogP contribution in [-0.2, 0) is 18.4 Å². The summed E-state index contributed by atoms with van der Waals surface area (Å²) < 4.78 is 23.5. The van der Waals surface area contributed by atoms with E-state index in [1.54, 1.807) is 0 Å². The quantitative estimate of drug-likeness (QED) is 0.0266. The number of nitrogens with one attached hydrogen (secondary N) is 1. The van der Waals surface area contributed by atoms with E-state index in [2.05, 4.69) is 67.8 Å². The van der Waals surface area contributed by atoms with Crippen molar-refractivity contribution in [1.29, 1.82) is 0 Å². The molecule has 0 saturated carbocycles. The Labute approximate surface area is 301 Å². The fourth-order valence-electron chi connectivity index (χ4n) is 5.21. The molecule has 0 aliphatic carbocycles. The van der Waals surface area contributed by atoms with Crippen LogP contribution in [0.5, 0.6) is 0 Å². The summed E-state index contributed by atoms with van der Waals surface area (Å²) in [6.45, 7) is 4.71. The minimum atomic E-state index is -4.31. The third kappa shape index (κ3) is 34.7. The molecular formula is C40H76N2O6P+. The first-order chi connectivity index (χ1) is 23.5. The molecule has 3 atom stereocenters. The Morgan fingerprint density at radius 1 is 0.714 bits per heavy atom. The molecule has 0 radical (unpaired) electrons. The highest BCUT2D eigenvalue weighted by molar-refractivity contribution is 7.47. The Morgan fingerprint density at radius 3 is 1.80 bits per heavy atom. The Morgan fingerprint density at radius 2 is 1.22 bits per heavy atom. The predicted octanol–water partition coefficient (Wildman–Crippen LogP) is 10.1. The van der Waals surface area contributed by atoms with Crippen molar-refractivity contribution in [3.63, 3.8) is 0 Å². The molecule has 49 heavy (non-hydrogen) atoms. The molecule has 0 aliphatic rings. The number of phosphoric ester groups is 1. The lowest BCUT2D eigenvalue weighted by Gasteiger charge is -2.26. The van der Waals surface area contributed by atoms with Crippen LogP contribution in [0.15, 0.2) is 48.6 Å². The van der Waals surface area contributed by atoms with Gasteiger partial charge in [0.05, 0.1) is 39.9 Å². The van der Waals surface area contributed by atoms with E-state index < -0.39 is 20.0 Å². The third-order valence-electron chi connectivity index (χ3n) is 8.34.